The van der Waals surface area contributed by atoms with E-state index in [1.807, 2.05) is 41.8 Å². The first-order valence-electron chi connectivity index (χ1n) is 13.4. The third-order valence-electron chi connectivity index (χ3n) is 6.22. The molecule has 0 aliphatic carbocycles. The molecule has 3 N–H and O–H groups in total. The lowest BCUT2D eigenvalue weighted by atomic mass is 10.1. The van der Waals surface area contributed by atoms with Crippen molar-refractivity contribution in [3.63, 3.8) is 0 Å². The molecule has 0 saturated heterocycles. The van der Waals surface area contributed by atoms with Crippen molar-refractivity contribution in [2.24, 2.45) is 5.10 Å². The van der Waals surface area contributed by atoms with Gasteiger partial charge in [-0.25, -0.2) is 10.4 Å². The van der Waals surface area contributed by atoms with Gasteiger partial charge in [0.2, 0.25) is 0 Å². The van der Waals surface area contributed by atoms with E-state index in [0.717, 1.165) is 22.1 Å². The predicted octanol–water partition coefficient (Wildman–Crippen LogP) is 8.91. The highest BCUT2D eigenvalue weighted by Crippen LogP contribution is 2.34. The maximum atomic E-state index is 12.7. The zero-order valence-corrected chi connectivity index (χ0v) is 29.1. The summed E-state index contributed by atoms with van der Waals surface area (Å²) in [5.41, 5.74) is 6.66. The van der Waals surface area contributed by atoms with Crippen LogP contribution >= 0.6 is 68.7 Å². The van der Waals surface area contributed by atoms with Gasteiger partial charge in [0.15, 0.2) is 23.2 Å². The van der Waals surface area contributed by atoms with Crippen LogP contribution in [0, 0.1) is 3.57 Å². The minimum Gasteiger partial charge on any atom is -0.493 e. The van der Waals surface area contributed by atoms with E-state index < -0.39 is 0 Å². The van der Waals surface area contributed by atoms with Crippen LogP contribution in [0.2, 0.25) is 15.1 Å². The molecule has 234 valence electrons. The summed E-state index contributed by atoms with van der Waals surface area (Å²) in [5.74, 6) is 0.0220. The average Bonchev–Trinajstić information content (AvgIpc) is 3.51. The molecule has 0 saturated carbocycles. The van der Waals surface area contributed by atoms with Gasteiger partial charge in [-0.3, -0.25) is 9.59 Å². The second-order valence-electron chi connectivity index (χ2n) is 9.45. The van der Waals surface area contributed by atoms with Crippen LogP contribution in [0.5, 0.6) is 11.5 Å². The number of ether oxygens (including phenoxy) is 2. The molecule has 0 radical (unpaired) electrons. The van der Waals surface area contributed by atoms with Crippen LogP contribution in [-0.2, 0) is 4.79 Å². The Labute approximate surface area is 297 Å². The molecular formula is C32H23Cl3IN5O4S. The fourth-order valence-corrected chi connectivity index (χ4v) is 5.95. The highest BCUT2D eigenvalue weighted by Gasteiger charge is 2.14. The predicted molar refractivity (Wildman–Crippen MR) is 194 cm³/mol. The van der Waals surface area contributed by atoms with Gasteiger partial charge < -0.3 is 20.1 Å². The van der Waals surface area contributed by atoms with Gasteiger partial charge in [0, 0.05) is 32.9 Å². The number of amides is 2. The molecule has 0 bridgehead atoms. The summed E-state index contributed by atoms with van der Waals surface area (Å²) < 4.78 is 11.9. The number of anilines is 3. The van der Waals surface area contributed by atoms with Crippen LogP contribution in [0.15, 0.2) is 89.3 Å². The number of hydrogen-bond donors (Lipinski definition) is 3. The Morgan fingerprint density at radius 1 is 0.957 bits per heavy atom. The van der Waals surface area contributed by atoms with E-state index in [1.165, 1.54) is 24.7 Å². The minimum absolute atomic E-state index is 0.265. The lowest BCUT2D eigenvalue weighted by Crippen LogP contribution is -2.20. The maximum absolute atomic E-state index is 12.7. The van der Waals surface area contributed by atoms with E-state index in [4.69, 9.17) is 44.3 Å². The molecule has 2 amide bonds. The number of nitrogens with zero attached hydrogens (tertiary/aromatic N) is 2. The molecule has 0 unspecified atom stereocenters. The van der Waals surface area contributed by atoms with Gasteiger partial charge >= 0.3 is 0 Å². The van der Waals surface area contributed by atoms with Gasteiger partial charge in [0.1, 0.15) is 0 Å². The highest BCUT2D eigenvalue weighted by atomic mass is 127. The largest absolute Gasteiger partial charge is 0.493 e. The molecule has 1 aromatic heterocycles. The normalized spacial score (nSPS) is 10.9. The summed E-state index contributed by atoms with van der Waals surface area (Å²) in [6, 6.07) is 22.7. The van der Waals surface area contributed by atoms with E-state index >= 15 is 0 Å². The van der Waals surface area contributed by atoms with Gasteiger partial charge in [0.05, 0.1) is 32.6 Å². The Hall–Kier alpha value is -3.88. The van der Waals surface area contributed by atoms with Crippen molar-refractivity contribution >= 4 is 103 Å². The van der Waals surface area contributed by atoms with Gasteiger partial charge in [-0.2, -0.15) is 5.10 Å². The molecule has 46 heavy (non-hydrogen) atoms. The minimum atomic E-state index is -0.389. The Kier molecular flexibility index (Phi) is 11.4. The van der Waals surface area contributed by atoms with Crippen LogP contribution in [-0.4, -0.2) is 36.7 Å². The number of nitrogens with one attached hydrogen (secondary N) is 3. The van der Waals surface area contributed by atoms with Gasteiger partial charge in [0.25, 0.3) is 11.8 Å². The van der Waals surface area contributed by atoms with Crippen molar-refractivity contribution in [1.82, 2.24) is 10.4 Å². The van der Waals surface area contributed by atoms with Crippen LogP contribution in [0.3, 0.4) is 0 Å². The smallest absolute Gasteiger partial charge is 0.271 e. The van der Waals surface area contributed by atoms with E-state index in [-0.39, 0.29) is 18.4 Å². The number of halogens is 4. The molecule has 4 aromatic carbocycles. The van der Waals surface area contributed by atoms with Crippen molar-refractivity contribution < 1.29 is 19.1 Å². The number of aromatic nitrogens is 1. The first-order chi connectivity index (χ1) is 22.2. The molecule has 5 aromatic rings. The molecule has 0 atom stereocenters. The number of hydrazone groups is 1. The van der Waals surface area contributed by atoms with E-state index in [9.17, 15) is 9.59 Å². The van der Waals surface area contributed by atoms with Gasteiger partial charge in [-0.05, 0) is 94.9 Å². The first-order valence-corrected chi connectivity index (χ1v) is 16.4. The molecule has 0 fully saturated rings. The second-order valence-corrected chi connectivity index (χ2v) is 12.7. The summed E-state index contributed by atoms with van der Waals surface area (Å²) in [6.07, 6.45) is 1.49. The Morgan fingerprint density at radius 2 is 1.70 bits per heavy atom. The number of thiazole rings is 1. The number of carbonyl (C=O) groups is 2. The summed E-state index contributed by atoms with van der Waals surface area (Å²) in [6.45, 7) is -0.265. The van der Waals surface area contributed by atoms with Crippen molar-refractivity contribution in [1.29, 1.82) is 0 Å². The molecule has 0 spiro atoms. The van der Waals surface area contributed by atoms with Crippen molar-refractivity contribution in [3.05, 3.63) is 114 Å². The number of rotatable bonds is 11. The van der Waals surface area contributed by atoms with E-state index in [0.29, 0.717) is 47.0 Å². The van der Waals surface area contributed by atoms with Crippen LogP contribution in [0.1, 0.15) is 15.9 Å². The Morgan fingerprint density at radius 3 is 2.41 bits per heavy atom. The molecule has 0 aliphatic heterocycles. The zero-order chi connectivity index (χ0) is 32.6. The number of benzene rings is 4. The SMILES string of the molecule is COc1cc(/C=N\NC(=O)c2ccc(-c3csc(Nc4ccc(Cl)cc4)n3)cc2)cc(I)c1OCC(=O)Nc1ccc(Cl)c(Cl)c1. The Balaban J connectivity index is 1.15. The molecule has 1 heterocycles. The third-order valence-corrected chi connectivity index (χ3v) is 8.77. The van der Waals surface area contributed by atoms with Crippen molar-refractivity contribution in [2.45, 2.75) is 0 Å². The third kappa shape index (κ3) is 8.89. The highest BCUT2D eigenvalue weighted by molar-refractivity contribution is 14.1. The molecular weight excluding hydrogens is 784 g/mol. The standard InChI is InChI=1S/C32H23Cl3IN5O4S/c1-44-28-13-18(12-26(36)30(28)45-16-29(42)38-23-10-11-24(34)25(35)14-23)15-37-41-31(43)20-4-2-19(3-5-20)27-17-46-32(40-27)39-22-8-6-21(33)7-9-22/h2-15,17H,16H2,1H3,(H,38,42)(H,39,40)(H,41,43)/b37-15-. The van der Waals surface area contributed by atoms with E-state index in [1.54, 1.807) is 42.5 Å². The summed E-state index contributed by atoms with van der Waals surface area (Å²) >= 11 is 21.4. The maximum Gasteiger partial charge on any atom is 0.271 e. The second kappa shape index (κ2) is 15.6. The number of hydrogen-bond acceptors (Lipinski definition) is 8. The lowest BCUT2D eigenvalue weighted by molar-refractivity contribution is -0.118. The average molecular weight is 807 g/mol. The fourth-order valence-electron chi connectivity index (χ4n) is 4.01. The number of methoxy groups -OCH3 is 1. The zero-order valence-electron chi connectivity index (χ0n) is 23.8. The Bertz CT molecular complexity index is 1900. The van der Waals surface area contributed by atoms with Gasteiger partial charge in [-0.15, -0.1) is 11.3 Å². The van der Waals surface area contributed by atoms with E-state index in [2.05, 4.69) is 48.7 Å². The number of carbonyl (C=O) groups excluding carboxylic acids is 2. The lowest BCUT2D eigenvalue weighted by Gasteiger charge is -2.13. The fraction of sp³-hybridized carbons (Fsp3) is 0.0625. The monoisotopic (exact) mass is 805 g/mol. The quantitative estimate of drug-likeness (QED) is 0.0699. The summed E-state index contributed by atoms with van der Waals surface area (Å²) in [7, 11) is 1.49. The summed E-state index contributed by atoms with van der Waals surface area (Å²) in [5, 5.41) is 14.1. The molecule has 9 nitrogen and oxygen atoms in total. The summed E-state index contributed by atoms with van der Waals surface area (Å²) in [4.78, 5) is 29.8. The van der Waals surface area contributed by atoms with Crippen LogP contribution in [0.25, 0.3) is 11.3 Å². The first kappa shape index (κ1) is 33.5. The van der Waals surface area contributed by atoms with Crippen molar-refractivity contribution in [3.8, 4) is 22.8 Å². The molecule has 5 rings (SSSR count). The molecule has 0 aliphatic rings. The van der Waals surface area contributed by atoms with Gasteiger partial charge in [-0.1, -0.05) is 46.9 Å². The van der Waals surface area contributed by atoms with Crippen LogP contribution in [0.4, 0.5) is 16.5 Å². The van der Waals surface area contributed by atoms with Crippen molar-refractivity contribution in [2.75, 3.05) is 24.4 Å². The molecule has 14 heteroatoms. The van der Waals surface area contributed by atoms with Crippen LogP contribution < -0.4 is 25.5 Å². The topological polar surface area (TPSA) is 114 Å².